The lowest BCUT2D eigenvalue weighted by atomic mass is 10.4. The van der Waals surface area contributed by atoms with Crippen molar-refractivity contribution in [3.05, 3.63) is 0 Å². The summed E-state index contributed by atoms with van der Waals surface area (Å²) in [5.41, 5.74) is 0. The largest absolute Gasteiger partial charge is 0.473 e. The summed E-state index contributed by atoms with van der Waals surface area (Å²) in [6.45, 7) is 2.00. The van der Waals surface area contributed by atoms with Gasteiger partial charge in [0.05, 0.1) is 0 Å². The highest BCUT2D eigenvalue weighted by molar-refractivity contribution is 6.27. The molecule has 1 saturated heterocycles. The van der Waals surface area contributed by atoms with E-state index in [1.165, 1.54) is 12.8 Å². The van der Waals surface area contributed by atoms with Gasteiger partial charge in [-0.25, -0.2) is 9.59 Å². The maximum absolute atomic E-state index is 9.10. The van der Waals surface area contributed by atoms with Gasteiger partial charge < -0.3 is 14.9 Å². The molecule has 1 fully saturated rings. The topological polar surface area (TPSA) is 83.8 Å². The predicted molar refractivity (Wildman–Crippen MR) is 35.3 cm³/mol. The van der Waals surface area contributed by atoms with Gasteiger partial charge in [-0.2, -0.15) is 0 Å². The zero-order chi connectivity index (χ0) is 8.69. The summed E-state index contributed by atoms with van der Waals surface area (Å²) in [5, 5.41) is 14.8. The van der Waals surface area contributed by atoms with Gasteiger partial charge >= 0.3 is 11.9 Å². The monoisotopic (exact) mass is 162 g/mol. The van der Waals surface area contributed by atoms with E-state index in [4.69, 9.17) is 24.5 Å². The summed E-state index contributed by atoms with van der Waals surface area (Å²) >= 11 is 0. The van der Waals surface area contributed by atoms with Gasteiger partial charge in [-0.15, -0.1) is 0 Å². The highest BCUT2D eigenvalue weighted by atomic mass is 16.5. The lowest BCUT2D eigenvalue weighted by Gasteiger charge is -1.76. The molecule has 5 heteroatoms. The van der Waals surface area contributed by atoms with E-state index in [9.17, 15) is 0 Å². The number of hydrogen-bond donors (Lipinski definition) is 2. The molecule has 1 heterocycles. The van der Waals surface area contributed by atoms with Crippen molar-refractivity contribution in [2.75, 3.05) is 13.2 Å². The van der Waals surface area contributed by atoms with Gasteiger partial charge in [0.15, 0.2) is 0 Å². The normalized spacial score (nSPS) is 14.9. The zero-order valence-corrected chi connectivity index (χ0v) is 5.95. The molecule has 11 heavy (non-hydrogen) atoms. The first-order valence-corrected chi connectivity index (χ1v) is 3.18. The Bertz CT molecular complexity index is 118. The van der Waals surface area contributed by atoms with Crippen LogP contribution in [-0.4, -0.2) is 35.4 Å². The SMILES string of the molecule is C1CCOC1.O=C(O)C(=O)O. The fraction of sp³-hybridized carbons (Fsp3) is 0.667. The fourth-order valence-electron chi connectivity index (χ4n) is 0.510. The van der Waals surface area contributed by atoms with Crippen LogP contribution >= 0.6 is 0 Å². The van der Waals surface area contributed by atoms with Crippen LogP contribution in [0.25, 0.3) is 0 Å². The van der Waals surface area contributed by atoms with Crippen LogP contribution in [0.5, 0.6) is 0 Å². The van der Waals surface area contributed by atoms with Gasteiger partial charge in [0.1, 0.15) is 0 Å². The minimum atomic E-state index is -1.82. The number of ether oxygens (including phenoxy) is 1. The van der Waals surface area contributed by atoms with E-state index in [1.54, 1.807) is 0 Å². The molecule has 1 rings (SSSR count). The van der Waals surface area contributed by atoms with E-state index in [-0.39, 0.29) is 0 Å². The lowest BCUT2D eigenvalue weighted by Crippen LogP contribution is -2.09. The molecule has 0 atom stereocenters. The van der Waals surface area contributed by atoms with Gasteiger partial charge in [-0.05, 0) is 12.8 Å². The van der Waals surface area contributed by atoms with Gasteiger partial charge in [0.2, 0.25) is 0 Å². The molecule has 1 aliphatic rings. The molecule has 1 aliphatic heterocycles. The summed E-state index contributed by atoms with van der Waals surface area (Å²) in [7, 11) is 0. The number of carboxylic acids is 2. The van der Waals surface area contributed by atoms with Crippen LogP contribution in [0.15, 0.2) is 0 Å². The minimum Gasteiger partial charge on any atom is -0.473 e. The first-order valence-electron chi connectivity index (χ1n) is 3.18. The second-order valence-electron chi connectivity index (χ2n) is 1.93. The third-order valence-corrected chi connectivity index (χ3v) is 1.01. The molecule has 0 aromatic carbocycles. The van der Waals surface area contributed by atoms with Crippen molar-refractivity contribution in [2.45, 2.75) is 12.8 Å². The van der Waals surface area contributed by atoms with Crippen molar-refractivity contribution in [1.29, 1.82) is 0 Å². The third kappa shape index (κ3) is 6.79. The van der Waals surface area contributed by atoms with Crippen LogP contribution in [0.1, 0.15) is 12.8 Å². The Morgan fingerprint density at radius 3 is 1.45 bits per heavy atom. The average Bonchev–Trinajstić information content (AvgIpc) is 2.41. The van der Waals surface area contributed by atoms with E-state index in [0.717, 1.165) is 13.2 Å². The van der Waals surface area contributed by atoms with Gasteiger partial charge in [-0.1, -0.05) is 0 Å². The first-order chi connectivity index (χ1) is 5.14. The molecule has 0 amide bonds. The molecule has 0 aromatic rings. The Kier molecular flexibility index (Phi) is 5.10. The number of rotatable bonds is 0. The molecular formula is C6H10O5. The van der Waals surface area contributed by atoms with Crippen molar-refractivity contribution < 1.29 is 24.5 Å². The van der Waals surface area contributed by atoms with Crippen molar-refractivity contribution in [3.8, 4) is 0 Å². The van der Waals surface area contributed by atoms with Gasteiger partial charge in [0, 0.05) is 13.2 Å². The molecule has 0 unspecified atom stereocenters. The molecule has 0 aromatic heterocycles. The maximum Gasteiger partial charge on any atom is 0.414 e. The summed E-state index contributed by atoms with van der Waals surface area (Å²) in [6.07, 6.45) is 2.56. The van der Waals surface area contributed by atoms with Crippen molar-refractivity contribution in [2.24, 2.45) is 0 Å². The Balaban J connectivity index is 0.000000183. The molecule has 0 spiro atoms. The number of carboxylic acid groups (broad SMARTS) is 2. The second kappa shape index (κ2) is 5.67. The molecule has 0 aliphatic carbocycles. The van der Waals surface area contributed by atoms with Crippen LogP contribution in [0.3, 0.4) is 0 Å². The molecule has 5 nitrogen and oxygen atoms in total. The minimum absolute atomic E-state index is 1.00. The van der Waals surface area contributed by atoms with E-state index in [2.05, 4.69) is 0 Å². The van der Waals surface area contributed by atoms with Crippen molar-refractivity contribution in [3.63, 3.8) is 0 Å². The Labute approximate surface area is 63.6 Å². The molecule has 64 valence electrons. The van der Waals surface area contributed by atoms with E-state index in [1.807, 2.05) is 0 Å². The van der Waals surface area contributed by atoms with E-state index >= 15 is 0 Å². The summed E-state index contributed by atoms with van der Waals surface area (Å²) in [5.74, 6) is -3.65. The van der Waals surface area contributed by atoms with Crippen LogP contribution in [0.2, 0.25) is 0 Å². The quantitative estimate of drug-likeness (QED) is 0.488. The highest BCUT2D eigenvalue weighted by Gasteiger charge is 2.04. The first kappa shape index (κ1) is 9.90. The molecule has 0 bridgehead atoms. The Morgan fingerprint density at radius 2 is 1.36 bits per heavy atom. The van der Waals surface area contributed by atoms with Crippen LogP contribution < -0.4 is 0 Å². The molecular weight excluding hydrogens is 152 g/mol. The smallest absolute Gasteiger partial charge is 0.414 e. The highest BCUT2D eigenvalue weighted by Crippen LogP contribution is 1.98. The Hall–Kier alpha value is -1.10. The van der Waals surface area contributed by atoms with E-state index in [0.29, 0.717) is 0 Å². The Morgan fingerprint density at radius 1 is 1.00 bits per heavy atom. The fourth-order valence-corrected chi connectivity index (χ4v) is 0.510. The predicted octanol–water partition coefficient (Wildman–Crippen LogP) is -0.0476. The summed E-state index contributed by atoms with van der Waals surface area (Å²) in [4.78, 5) is 18.2. The van der Waals surface area contributed by atoms with Crippen molar-refractivity contribution >= 4 is 11.9 Å². The standard InChI is InChI=1S/C4H8O.C2H2O4/c1-2-4-5-3-1;3-1(4)2(5)6/h1-4H2;(H,3,4)(H,5,6). The second-order valence-corrected chi connectivity index (χ2v) is 1.93. The summed E-state index contributed by atoms with van der Waals surface area (Å²) in [6, 6.07) is 0. The molecule has 0 radical (unpaired) electrons. The number of aliphatic carboxylic acids is 2. The number of carbonyl (C=O) groups is 2. The lowest BCUT2D eigenvalue weighted by molar-refractivity contribution is -0.159. The van der Waals surface area contributed by atoms with Crippen LogP contribution in [-0.2, 0) is 14.3 Å². The van der Waals surface area contributed by atoms with Crippen LogP contribution in [0.4, 0.5) is 0 Å². The summed E-state index contributed by atoms with van der Waals surface area (Å²) < 4.78 is 4.94. The van der Waals surface area contributed by atoms with E-state index < -0.39 is 11.9 Å². The van der Waals surface area contributed by atoms with Gasteiger partial charge in [-0.3, -0.25) is 0 Å². The van der Waals surface area contributed by atoms with Crippen LogP contribution in [0, 0.1) is 0 Å². The molecule has 0 saturated carbocycles. The third-order valence-electron chi connectivity index (χ3n) is 1.01. The maximum atomic E-state index is 9.10. The number of hydrogen-bond acceptors (Lipinski definition) is 3. The molecule has 2 N–H and O–H groups in total. The zero-order valence-electron chi connectivity index (χ0n) is 5.95. The van der Waals surface area contributed by atoms with Crippen molar-refractivity contribution in [1.82, 2.24) is 0 Å². The average molecular weight is 162 g/mol. The van der Waals surface area contributed by atoms with Gasteiger partial charge in [0.25, 0.3) is 0 Å².